The second-order valence-corrected chi connectivity index (χ2v) is 5.50. The van der Waals surface area contributed by atoms with Gasteiger partial charge in [0.05, 0.1) is 6.17 Å². The number of nitrogen functional groups attached to an aromatic ring is 2. The van der Waals surface area contributed by atoms with E-state index in [0.29, 0.717) is 5.95 Å². The highest BCUT2D eigenvalue weighted by atomic mass is 15.5. The standard InChI is InChI=1S/C14H31N9/c1-2-3-8-11(18-10-7-5-4-6-9-15)22-23-14-20-12(16)19-13(17)21-14/h11,18,22H,2-10,15H2,1H3,(H5,16,17,19,20,21,23). The fourth-order valence-electron chi connectivity index (χ4n) is 2.15. The summed E-state index contributed by atoms with van der Waals surface area (Å²) in [6.45, 7) is 3.90. The number of nitrogens with one attached hydrogen (secondary N) is 3. The highest BCUT2D eigenvalue weighted by molar-refractivity contribution is 5.36. The number of unbranched alkanes of at least 4 members (excludes halogenated alkanes) is 4. The van der Waals surface area contributed by atoms with Gasteiger partial charge in [0, 0.05) is 0 Å². The fourth-order valence-corrected chi connectivity index (χ4v) is 2.15. The number of rotatable bonds is 13. The normalized spacial score (nSPS) is 12.3. The number of hydrazine groups is 1. The van der Waals surface area contributed by atoms with Crippen molar-refractivity contribution in [1.29, 1.82) is 0 Å². The average Bonchev–Trinajstić information content (AvgIpc) is 2.51. The largest absolute Gasteiger partial charge is 0.368 e. The van der Waals surface area contributed by atoms with Crippen molar-refractivity contribution in [2.75, 3.05) is 30.0 Å². The Labute approximate surface area is 138 Å². The summed E-state index contributed by atoms with van der Waals surface area (Å²) in [5, 5.41) is 3.49. The van der Waals surface area contributed by atoms with E-state index < -0.39 is 0 Å². The number of hydrogen-bond donors (Lipinski definition) is 6. The van der Waals surface area contributed by atoms with E-state index in [0.717, 1.165) is 45.2 Å². The topological polar surface area (TPSA) is 153 Å². The maximum absolute atomic E-state index is 5.55. The van der Waals surface area contributed by atoms with E-state index in [1.54, 1.807) is 0 Å². The van der Waals surface area contributed by atoms with E-state index in [9.17, 15) is 0 Å². The van der Waals surface area contributed by atoms with Gasteiger partial charge in [-0.2, -0.15) is 15.0 Å². The SMILES string of the molecule is CCCCC(NCCCCCCN)NNc1nc(N)nc(N)n1. The second kappa shape index (κ2) is 11.8. The Morgan fingerprint density at radius 2 is 1.65 bits per heavy atom. The zero-order valence-electron chi connectivity index (χ0n) is 14.0. The minimum atomic E-state index is 0.0970. The molecule has 0 saturated carbocycles. The van der Waals surface area contributed by atoms with Crippen LogP contribution in [-0.4, -0.2) is 34.2 Å². The van der Waals surface area contributed by atoms with Crippen LogP contribution in [0.15, 0.2) is 0 Å². The molecule has 0 aromatic carbocycles. The van der Waals surface area contributed by atoms with Crippen LogP contribution < -0.4 is 33.4 Å². The van der Waals surface area contributed by atoms with Gasteiger partial charge >= 0.3 is 0 Å². The van der Waals surface area contributed by atoms with Gasteiger partial charge in [0.25, 0.3) is 0 Å². The summed E-state index contributed by atoms with van der Waals surface area (Å²) >= 11 is 0. The van der Waals surface area contributed by atoms with E-state index in [4.69, 9.17) is 17.2 Å². The fraction of sp³-hybridized carbons (Fsp3) is 0.786. The summed E-state index contributed by atoms with van der Waals surface area (Å²) in [5.74, 6) is 0.515. The molecule has 0 amide bonds. The molecule has 0 aliphatic heterocycles. The quantitative estimate of drug-likeness (QED) is 0.174. The summed E-state index contributed by atoms with van der Waals surface area (Å²) in [6.07, 6.45) is 8.01. The molecule has 0 aliphatic rings. The zero-order valence-corrected chi connectivity index (χ0v) is 14.0. The molecule has 1 atom stereocenters. The molecule has 1 aromatic heterocycles. The van der Waals surface area contributed by atoms with Gasteiger partial charge in [-0.25, -0.2) is 5.43 Å². The van der Waals surface area contributed by atoms with Crippen LogP contribution in [0.4, 0.5) is 17.8 Å². The van der Waals surface area contributed by atoms with Crippen molar-refractivity contribution >= 4 is 17.8 Å². The van der Waals surface area contributed by atoms with Crippen molar-refractivity contribution < 1.29 is 0 Å². The van der Waals surface area contributed by atoms with Crippen LogP contribution in [0, 0.1) is 0 Å². The number of hydrogen-bond acceptors (Lipinski definition) is 9. The third kappa shape index (κ3) is 9.11. The van der Waals surface area contributed by atoms with E-state index in [1.807, 2.05) is 0 Å². The van der Waals surface area contributed by atoms with Crippen molar-refractivity contribution in [2.24, 2.45) is 5.73 Å². The zero-order chi connectivity index (χ0) is 16.9. The van der Waals surface area contributed by atoms with E-state index in [2.05, 4.69) is 38.0 Å². The van der Waals surface area contributed by atoms with Gasteiger partial charge in [-0.1, -0.05) is 32.6 Å². The number of anilines is 3. The van der Waals surface area contributed by atoms with Crippen molar-refractivity contribution in [2.45, 2.75) is 58.0 Å². The molecule has 1 rings (SSSR count). The van der Waals surface area contributed by atoms with Gasteiger partial charge in [0.2, 0.25) is 17.8 Å². The predicted molar refractivity (Wildman–Crippen MR) is 94.2 cm³/mol. The lowest BCUT2D eigenvalue weighted by Crippen LogP contribution is -2.45. The van der Waals surface area contributed by atoms with E-state index in [-0.39, 0.29) is 18.1 Å². The minimum Gasteiger partial charge on any atom is -0.368 e. The first-order chi connectivity index (χ1) is 11.2. The summed E-state index contributed by atoms with van der Waals surface area (Å²) in [5.41, 5.74) is 22.7. The van der Waals surface area contributed by atoms with Gasteiger partial charge in [-0.05, 0) is 32.4 Å². The van der Waals surface area contributed by atoms with Crippen molar-refractivity contribution in [3.05, 3.63) is 0 Å². The van der Waals surface area contributed by atoms with Crippen LogP contribution in [0.5, 0.6) is 0 Å². The van der Waals surface area contributed by atoms with Gasteiger partial charge in [0.15, 0.2) is 0 Å². The average molecular weight is 325 g/mol. The van der Waals surface area contributed by atoms with Crippen molar-refractivity contribution in [1.82, 2.24) is 25.7 Å². The Hall–Kier alpha value is -1.71. The first kappa shape index (κ1) is 19.3. The van der Waals surface area contributed by atoms with Gasteiger partial charge in [-0.3, -0.25) is 5.43 Å². The molecule has 9 N–H and O–H groups in total. The first-order valence-corrected chi connectivity index (χ1v) is 8.37. The molecule has 1 heterocycles. The van der Waals surface area contributed by atoms with E-state index >= 15 is 0 Å². The summed E-state index contributed by atoms with van der Waals surface area (Å²) in [6, 6.07) is 0. The molecule has 9 nitrogen and oxygen atoms in total. The van der Waals surface area contributed by atoms with Crippen LogP contribution in [0.3, 0.4) is 0 Å². The molecule has 1 unspecified atom stereocenters. The molecular formula is C14H31N9. The highest BCUT2D eigenvalue weighted by Crippen LogP contribution is 2.04. The molecule has 0 saturated heterocycles. The molecule has 0 fully saturated rings. The smallest absolute Gasteiger partial charge is 0.243 e. The monoisotopic (exact) mass is 325 g/mol. The lowest BCUT2D eigenvalue weighted by atomic mass is 10.2. The molecule has 23 heavy (non-hydrogen) atoms. The predicted octanol–water partition coefficient (Wildman–Crippen LogP) is 0.578. The maximum Gasteiger partial charge on any atom is 0.243 e. The van der Waals surface area contributed by atoms with Crippen LogP contribution in [-0.2, 0) is 0 Å². The molecule has 0 bridgehead atoms. The Bertz CT molecular complexity index is 406. The Kier molecular flexibility index (Phi) is 9.92. The molecule has 1 aromatic rings. The van der Waals surface area contributed by atoms with Gasteiger partial charge in [0.1, 0.15) is 0 Å². The first-order valence-electron chi connectivity index (χ1n) is 8.37. The van der Waals surface area contributed by atoms with Crippen LogP contribution in [0.1, 0.15) is 51.9 Å². The van der Waals surface area contributed by atoms with Crippen LogP contribution >= 0.6 is 0 Å². The third-order valence-electron chi connectivity index (χ3n) is 3.40. The van der Waals surface area contributed by atoms with Gasteiger partial charge in [-0.15, -0.1) is 0 Å². The lowest BCUT2D eigenvalue weighted by molar-refractivity contribution is 0.406. The van der Waals surface area contributed by atoms with Crippen LogP contribution in [0.2, 0.25) is 0 Å². The molecule has 9 heteroatoms. The minimum absolute atomic E-state index is 0.0970. The third-order valence-corrected chi connectivity index (χ3v) is 3.40. The van der Waals surface area contributed by atoms with Gasteiger partial charge < -0.3 is 22.5 Å². The summed E-state index contributed by atoms with van der Waals surface area (Å²) in [7, 11) is 0. The Balaban J connectivity index is 2.34. The maximum atomic E-state index is 5.55. The molecule has 0 aliphatic carbocycles. The number of nitrogens with zero attached hydrogens (tertiary/aromatic N) is 3. The number of nitrogens with two attached hydrogens (primary N) is 3. The second-order valence-electron chi connectivity index (χ2n) is 5.50. The Morgan fingerprint density at radius 3 is 2.30 bits per heavy atom. The molecule has 132 valence electrons. The molecular weight excluding hydrogens is 294 g/mol. The number of aromatic nitrogens is 3. The van der Waals surface area contributed by atoms with Crippen molar-refractivity contribution in [3.8, 4) is 0 Å². The van der Waals surface area contributed by atoms with Crippen molar-refractivity contribution in [3.63, 3.8) is 0 Å². The summed E-state index contributed by atoms with van der Waals surface area (Å²) < 4.78 is 0. The highest BCUT2D eigenvalue weighted by Gasteiger charge is 2.08. The van der Waals surface area contributed by atoms with Crippen LogP contribution in [0.25, 0.3) is 0 Å². The lowest BCUT2D eigenvalue weighted by Gasteiger charge is -2.20. The summed E-state index contributed by atoms with van der Waals surface area (Å²) in [4.78, 5) is 11.7. The van der Waals surface area contributed by atoms with E-state index in [1.165, 1.54) is 12.8 Å². The molecule has 0 radical (unpaired) electrons. The Morgan fingerprint density at radius 1 is 0.957 bits per heavy atom. The molecule has 0 spiro atoms.